The van der Waals surface area contributed by atoms with Gasteiger partial charge in [-0.2, -0.15) is 0 Å². The Morgan fingerprint density at radius 3 is 2.53 bits per heavy atom. The Morgan fingerprint density at radius 1 is 1.40 bits per heavy atom. The standard InChI is InChI=1S/C13H15ClO/c1-9(8-10-2-3-10)13(15)11-4-6-12(14)7-5-11/h4-7,9-10H,2-3,8H2,1H3. The number of hydrogen-bond acceptors (Lipinski definition) is 1. The minimum absolute atomic E-state index is 0.152. The Morgan fingerprint density at radius 2 is 2.00 bits per heavy atom. The SMILES string of the molecule is CC(CC1CC1)C(=O)c1ccc(Cl)cc1. The third-order valence-electron chi connectivity index (χ3n) is 2.96. The summed E-state index contributed by atoms with van der Waals surface area (Å²) in [6.45, 7) is 2.02. The first-order valence-corrected chi connectivity index (χ1v) is 5.84. The van der Waals surface area contributed by atoms with Gasteiger partial charge in [0.1, 0.15) is 0 Å². The van der Waals surface area contributed by atoms with Crippen molar-refractivity contribution in [2.75, 3.05) is 0 Å². The van der Waals surface area contributed by atoms with Crippen molar-refractivity contribution in [2.45, 2.75) is 26.2 Å². The summed E-state index contributed by atoms with van der Waals surface area (Å²) in [6, 6.07) is 7.18. The summed E-state index contributed by atoms with van der Waals surface area (Å²) in [5.41, 5.74) is 0.785. The van der Waals surface area contributed by atoms with Crippen LogP contribution in [0.5, 0.6) is 0 Å². The van der Waals surface area contributed by atoms with Crippen LogP contribution in [0.25, 0.3) is 0 Å². The molecular formula is C13H15ClO. The molecule has 2 heteroatoms. The van der Waals surface area contributed by atoms with E-state index < -0.39 is 0 Å². The van der Waals surface area contributed by atoms with Gasteiger partial charge in [0.15, 0.2) is 5.78 Å². The molecule has 1 aliphatic rings. The van der Waals surface area contributed by atoms with E-state index in [4.69, 9.17) is 11.6 Å². The highest BCUT2D eigenvalue weighted by molar-refractivity contribution is 6.30. The second-order valence-corrected chi connectivity index (χ2v) is 4.89. The molecule has 0 aromatic heterocycles. The maximum Gasteiger partial charge on any atom is 0.165 e. The molecule has 1 aromatic carbocycles. The molecule has 1 unspecified atom stereocenters. The molecule has 80 valence electrons. The molecule has 1 nitrogen and oxygen atoms in total. The van der Waals surface area contributed by atoms with E-state index in [-0.39, 0.29) is 11.7 Å². The van der Waals surface area contributed by atoms with Crippen LogP contribution in [-0.4, -0.2) is 5.78 Å². The van der Waals surface area contributed by atoms with Gasteiger partial charge in [-0.25, -0.2) is 0 Å². The summed E-state index contributed by atoms with van der Waals surface area (Å²) in [6.07, 6.45) is 3.65. The smallest absolute Gasteiger partial charge is 0.165 e. The fourth-order valence-corrected chi connectivity index (χ4v) is 1.99. The summed E-state index contributed by atoms with van der Waals surface area (Å²) in [5.74, 6) is 1.20. The molecule has 15 heavy (non-hydrogen) atoms. The summed E-state index contributed by atoms with van der Waals surface area (Å²) in [7, 11) is 0. The van der Waals surface area contributed by atoms with Crippen LogP contribution in [0.15, 0.2) is 24.3 Å². The highest BCUT2D eigenvalue weighted by atomic mass is 35.5. The number of benzene rings is 1. The van der Waals surface area contributed by atoms with Crippen molar-refractivity contribution < 1.29 is 4.79 Å². The lowest BCUT2D eigenvalue weighted by molar-refractivity contribution is 0.0920. The minimum Gasteiger partial charge on any atom is -0.294 e. The zero-order valence-electron chi connectivity index (χ0n) is 8.87. The largest absolute Gasteiger partial charge is 0.294 e. The van der Waals surface area contributed by atoms with Gasteiger partial charge in [-0.3, -0.25) is 4.79 Å². The monoisotopic (exact) mass is 222 g/mol. The van der Waals surface area contributed by atoms with E-state index in [1.54, 1.807) is 12.1 Å². The number of hydrogen-bond donors (Lipinski definition) is 0. The van der Waals surface area contributed by atoms with E-state index in [2.05, 4.69) is 0 Å². The molecule has 0 amide bonds. The van der Waals surface area contributed by atoms with Crippen molar-refractivity contribution in [1.82, 2.24) is 0 Å². The Bertz CT molecular complexity index is 351. The lowest BCUT2D eigenvalue weighted by atomic mass is 9.94. The molecule has 1 fully saturated rings. The number of Topliss-reactive ketones (excluding diaryl/α,β-unsaturated/α-hetero) is 1. The molecule has 2 rings (SSSR count). The first-order valence-electron chi connectivity index (χ1n) is 5.46. The second-order valence-electron chi connectivity index (χ2n) is 4.45. The maximum absolute atomic E-state index is 12.0. The van der Waals surface area contributed by atoms with Crippen molar-refractivity contribution in [3.8, 4) is 0 Å². The van der Waals surface area contributed by atoms with Crippen molar-refractivity contribution in [2.24, 2.45) is 11.8 Å². The van der Waals surface area contributed by atoms with E-state index >= 15 is 0 Å². The van der Waals surface area contributed by atoms with Crippen molar-refractivity contribution in [1.29, 1.82) is 0 Å². The molecule has 0 heterocycles. The predicted octanol–water partition coefficient (Wildman–Crippen LogP) is 3.96. The van der Waals surface area contributed by atoms with E-state index in [1.807, 2.05) is 19.1 Å². The van der Waals surface area contributed by atoms with Gasteiger partial charge in [-0.1, -0.05) is 31.4 Å². The number of halogens is 1. The number of carbonyl (C=O) groups is 1. The second kappa shape index (κ2) is 4.36. The molecule has 0 aliphatic heterocycles. The van der Waals surface area contributed by atoms with E-state index in [1.165, 1.54) is 12.8 Å². The molecule has 0 bridgehead atoms. The predicted molar refractivity (Wildman–Crippen MR) is 62.3 cm³/mol. The van der Waals surface area contributed by atoms with E-state index in [9.17, 15) is 4.79 Å². The Kier molecular flexibility index (Phi) is 3.11. The minimum atomic E-state index is 0.152. The van der Waals surface area contributed by atoms with Crippen LogP contribution in [0, 0.1) is 11.8 Å². The quantitative estimate of drug-likeness (QED) is 0.705. The Hall–Kier alpha value is -0.820. The third-order valence-corrected chi connectivity index (χ3v) is 3.21. The zero-order chi connectivity index (χ0) is 10.8. The summed E-state index contributed by atoms with van der Waals surface area (Å²) >= 11 is 5.78. The molecule has 1 atom stereocenters. The van der Waals surface area contributed by atoms with Gasteiger partial charge in [0.25, 0.3) is 0 Å². The van der Waals surface area contributed by atoms with E-state index in [0.29, 0.717) is 5.02 Å². The first-order chi connectivity index (χ1) is 7.16. The summed E-state index contributed by atoms with van der Waals surface area (Å²) in [5, 5.41) is 0.682. The van der Waals surface area contributed by atoms with Crippen molar-refractivity contribution in [3.05, 3.63) is 34.9 Å². The fraction of sp³-hybridized carbons (Fsp3) is 0.462. The molecule has 0 N–H and O–H groups in total. The van der Waals surface area contributed by atoms with Gasteiger partial charge >= 0.3 is 0 Å². The van der Waals surface area contributed by atoms with Gasteiger partial charge in [0.2, 0.25) is 0 Å². The van der Waals surface area contributed by atoms with Crippen LogP contribution in [0.4, 0.5) is 0 Å². The Labute approximate surface area is 95.4 Å². The van der Waals surface area contributed by atoms with Gasteiger partial charge < -0.3 is 0 Å². The lowest BCUT2D eigenvalue weighted by Gasteiger charge is -2.09. The highest BCUT2D eigenvalue weighted by Crippen LogP contribution is 2.36. The van der Waals surface area contributed by atoms with Gasteiger partial charge in [0, 0.05) is 16.5 Å². The van der Waals surface area contributed by atoms with Crippen LogP contribution < -0.4 is 0 Å². The van der Waals surface area contributed by atoms with Gasteiger partial charge in [0.05, 0.1) is 0 Å². The highest BCUT2D eigenvalue weighted by Gasteiger charge is 2.26. The molecule has 0 saturated heterocycles. The lowest BCUT2D eigenvalue weighted by Crippen LogP contribution is -2.11. The van der Waals surface area contributed by atoms with Crippen LogP contribution >= 0.6 is 11.6 Å². The van der Waals surface area contributed by atoms with Crippen LogP contribution in [0.2, 0.25) is 5.02 Å². The third kappa shape index (κ3) is 2.82. The topological polar surface area (TPSA) is 17.1 Å². The molecule has 1 saturated carbocycles. The first kappa shape index (κ1) is 10.7. The van der Waals surface area contributed by atoms with E-state index in [0.717, 1.165) is 17.9 Å². The van der Waals surface area contributed by atoms with Gasteiger partial charge in [-0.05, 0) is 36.6 Å². The average Bonchev–Trinajstić information content (AvgIpc) is 3.02. The summed E-state index contributed by atoms with van der Waals surface area (Å²) < 4.78 is 0. The maximum atomic E-state index is 12.0. The number of rotatable bonds is 4. The summed E-state index contributed by atoms with van der Waals surface area (Å²) in [4.78, 5) is 12.0. The van der Waals surface area contributed by atoms with Crippen molar-refractivity contribution in [3.63, 3.8) is 0 Å². The number of carbonyl (C=O) groups excluding carboxylic acids is 1. The number of ketones is 1. The Balaban J connectivity index is 2.02. The van der Waals surface area contributed by atoms with Crippen LogP contribution in [-0.2, 0) is 0 Å². The fourth-order valence-electron chi connectivity index (χ4n) is 1.86. The van der Waals surface area contributed by atoms with Crippen molar-refractivity contribution >= 4 is 17.4 Å². The average molecular weight is 223 g/mol. The normalized spacial score (nSPS) is 17.5. The molecule has 0 spiro atoms. The molecule has 0 radical (unpaired) electrons. The molecule has 1 aromatic rings. The molecular weight excluding hydrogens is 208 g/mol. The molecule has 1 aliphatic carbocycles. The zero-order valence-corrected chi connectivity index (χ0v) is 9.63. The van der Waals surface area contributed by atoms with Crippen LogP contribution in [0.1, 0.15) is 36.5 Å². The van der Waals surface area contributed by atoms with Crippen LogP contribution in [0.3, 0.4) is 0 Å². The van der Waals surface area contributed by atoms with Gasteiger partial charge in [-0.15, -0.1) is 0 Å².